The second kappa shape index (κ2) is 11.8. The van der Waals surface area contributed by atoms with Gasteiger partial charge in [-0.2, -0.15) is 0 Å². The van der Waals surface area contributed by atoms with E-state index in [1.807, 2.05) is 18.2 Å². The maximum absolute atomic E-state index is 11.8. The van der Waals surface area contributed by atoms with Crippen LogP contribution in [0.4, 0.5) is 0 Å². The van der Waals surface area contributed by atoms with E-state index in [9.17, 15) is 15.0 Å². The smallest absolute Gasteiger partial charge is 0.305 e. The number of aliphatic hydroxyl groups is 1. The first-order chi connectivity index (χ1) is 16.1. The summed E-state index contributed by atoms with van der Waals surface area (Å²) in [7, 11) is 0. The molecule has 0 spiro atoms. The molecule has 1 aromatic heterocycles. The molecule has 0 aliphatic carbocycles. The van der Waals surface area contributed by atoms with E-state index in [1.54, 1.807) is 12.1 Å². The number of thiazole rings is 1. The van der Waals surface area contributed by atoms with E-state index in [0.717, 1.165) is 55.7 Å². The molecule has 7 nitrogen and oxygen atoms in total. The van der Waals surface area contributed by atoms with Gasteiger partial charge in [-0.05, 0) is 61.9 Å². The van der Waals surface area contributed by atoms with Gasteiger partial charge in [0.2, 0.25) is 0 Å². The summed E-state index contributed by atoms with van der Waals surface area (Å²) in [5.41, 5.74) is 2.55. The van der Waals surface area contributed by atoms with Crippen LogP contribution in [0, 0.1) is 5.92 Å². The van der Waals surface area contributed by atoms with Crippen LogP contribution >= 0.6 is 11.3 Å². The lowest BCUT2D eigenvalue weighted by Gasteiger charge is -2.33. The number of phenolic OH excluding ortho intramolecular Hbond substituents is 1. The molecule has 1 saturated heterocycles. The fourth-order valence-corrected chi connectivity index (χ4v) is 5.45. The van der Waals surface area contributed by atoms with Crippen LogP contribution in [-0.4, -0.2) is 53.8 Å². The highest BCUT2D eigenvalue weighted by Crippen LogP contribution is 2.28. The molecule has 3 aromatic rings. The van der Waals surface area contributed by atoms with Gasteiger partial charge >= 0.3 is 4.87 Å². The van der Waals surface area contributed by atoms with Crippen molar-refractivity contribution < 1.29 is 14.9 Å². The summed E-state index contributed by atoms with van der Waals surface area (Å²) in [6, 6.07) is 13.8. The summed E-state index contributed by atoms with van der Waals surface area (Å²) in [6.45, 7) is 3.28. The molecular weight excluding hydrogens is 438 g/mol. The highest BCUT2D eigenvalue weighted by molar-refractivity contribution is 7.16. The maximum Gasteiger partial charge on any atom is 0.305 e. The van der Waals surface area contributed by atoms with Crippen LogP contribution < -0.4 is 15.5 Å². The number of benzene rings is 2. The molecule has 5 N–H and O–H groups in total. The average Bonchev–Trinajstić information content (AvgIpc) is 3.24. The summed E-state index contributed by atoms with van der Waals surface area (Å²) in [6.07, 6.45) is 3.56. The first-order valence-electron chi connectivity index (χ1n) is 11.7. The van der Waals surface area contributed by atoms with Crippen molar-refractivity contribution in [2.45, 2.75) is 44.4 Å². The third kappa shape index (κ3) is 6.65. The quantitative estimate of drug-likeness (QED) is 0.218. The van der Waals surface area contributed by atoms with E-state index in [2.05, 4.69) is 27.8 Å². The van der Waals surface area contributed by atoms with Crippen LogP contribution in [0.1, 0.15) is 30.4 Å². The average molecular weight is 472 g/mol. The van der Waals surface area contributed by atoms with Gasteiger partial charge in [0.15, 0.2) is 0 Å². The van der Waals surface area contributed by atoms with Gasteiger partial charge in [-0.15, -0.1) is 0 Å². The monoisotopic (exact) mass is 471 g/mol. The molecule has 0 bridgehead atoms. The topological polar surface area (TPSA) is 107 Å². The largest absolute Gasteiger partial charge is 0.506 e. The number of hydrogen-bond donors (Lipinski definition) is 5. The Labute approximate surface area is 197 Å². The second-order valence-corrected chi connectivity index (χ2v) is 9.68. The first-order valence-corrected chi connectivity index (χ1v) is 12.5. The van der Waals surface area contributed by atoms with Crippen LogP contribution in [0.5, 0.6) is 5.75 Å². The van der Waals surface area contributed by atoms with Crippen LogP contribution in [-0.2, 0) is 17.6 Å². The number of piperidine rings is 1. The summed E-state index contributed by atoms with van der Waals surface area (Å²) in [5.74, 6) is 0.475. The SMILES string of the molecule is O=c1[nH]c2c(O)ccc(C[C@@H](O)NC(CCOCCc3ccccc3)C3CCCNC3)c2s1. The highest BCUT2D eigenvalue weighted by Gasteiger charge is 2.25. The van der Waals surface area contributed by atoms with Gasteiger partial charge in [0, 0.05) is 19.1 Å². The number of ether oxygens (including phenoxy) is 1. The van der Waals surface area contributed by atoms with Gasteiger partial charge in [-0.1, -0.05) is 47.7 Å². The molecule has 2 aromatic carbocycles. The zero-order valence-electron chi connectivity index (χ0n) is 18.8. The molecule has 8 heteroatoms. The van der Waals surface area contributed by atoms with Crippen molar-refractivity contribution in [2.75, 3.05) is 26.3 Å². The van der Waals surface area contributed by atoms with E-state index in [-0.39, 0.29) is 16.7 Å². The third-order valence-corrected chi connectivity index (χ3v) is 7.27. The Morgan fingerprint density at radius 1 is 1.18 bits per heavy atom. The Balaban J connectivity index is 1.33. The molecule has 0 radical (unpaired) electrons. The second-order valence-electron chi connectivity index (χ2n) is 8.70. The number of nitrogens with one attached hydrogen (secondary N) is 3. The van der Waals surface area contributed by atoms with Crippen LogP contribution in [0.15, 0.2) is 47.3 Å². The van der Waals surface area contributed by atoms with E-state index in [1.165, 1.54) is 5.56 Å². The minimum atomic E-state index is -0.758. The molecule has 1 fully saturated rings. The number of phenols is 1. The molecule has 33 heavy (non-hydrogen) atoms. The molecule has 1 aliphatic rings. The van der Waals surface area contributed by atoms with Gasteiger partial charge in [-0.25, -0.2) is 0 Å². The summed E-state index contributed by atoms with van der Waals surface area (Å²) in [5, 5.41) is 27.8. The standard InChI is InChI=1S/C25H33N3O4S/c29-21-9-8-18(24-23(21)28-25(31)33-24)15-22(30)27-20(19-7-4-12-26-16-19)11-14-32-13-10-17-5-2-1-3-6-17/h1-3,5-6,8-9,19-20,22,26-27,29-30H,4,7,10-16H2,(H,28,31)/t19?,20?,22-/m1/s1. The van der Waals surface area contributed by atoms with Gasteiger partial charge in [0.1, 0.15) is 17.5 Å². The van der Waals surface area contributed by atoms with Crippen LogP contribution in [0.3, 0.4) is 0 Å². The Hall–Kier alpha value is -2.23. The predicted octanol–water partition coefficient (Wildman–Crippen LogP) is 2.76. The Kier molecular flexibility index (Phi) is 8.52. The lowest BCUT2D eigenvalue weighted by Crippen LogP contribution is -2.49. The predicted molar refractivity (Wildman–Crippen MR) is 132 cm³/mol. The fourth-order valence-electron chi connectivity index (χ4n) is 4.57. The molecular formula is C25H33N3O4S. The third-order valence-electron chi connectivity index (χ3n) is 6.31. The minimum Gasteiger partial charge on any atom is -0.506 e. The zero-order valence-corrected chi connectivity index (χ0v) is 19.6. The van der Waals surface area contributed by atoms with Gasteiger partial charge in [-0.3, -0.25) is 10.1 Å². The van der Waals surface area contributed by atoms with Crippen molar-refractivity contribution in [1.82, 2.24) is 15.6 Å². The van der Waals surface area contributed by atoms with Crippen LogP contribution in [0.25, 0.3) is 10.2 Å². The maximum atomic E-state index is 11.8. The van der Waals surface area contributed by atoms with E-state index >= 15 is 0 Å². The summed E-state index contributed by atoms with van der Waals surface area (Å²) >= 11 is 1.06. The number of rotatable bonds is 11. The summed E-state index contributed by atoms with van der Waals surface area (Å²) < 4.78 is 6.62. The molecule has 2 unspecified atom stereocenters. The number of H-pyrrole nitrogens is 1. The molecule has 178 valence electrons. The van der Waals surface area contributed by atoms with Crippen molar-refractivity contribution in [1.29, 1.82) is 0 Å². The van der Waals surface area contributed by atoms with E-state index in [0.29, 0.717) is 35.8 Å². The van der Waals surface area contributed by atoms with Crippen molar-refractivity contribution in [3.63, 3.8) is 0 Å². The lowest BCUT2D eigenvalue weighted by molar-refractivity contribution is 0.0768. The Morgan fingerprint density at radius 2 is 2.03 bits per heavy atom. The number of hydrogen-bond acceptors (Lipinski definition) is 7. The minimum absolute atomic E-state index is 0.0494. The molecule has 0 saturated carbocycles. The molecule has 1 aliphatic heterocycles. The highest BCUT2D eigenvalue weighted by atomic mass is 32.1. The Morgan fingerprint density at radius 3 is 2.82 bits per heavy atom. The normalized spacial score (nSPS) is 18.4. The first kappa shape index (κ1) is 23.9. The fraction of sp³-hybridized carbons (Fsp3) is 0.480. The molecule has 3 atom stereocenters. The van der Waals surface area contributed by atoms with E-state index in [4.69, 9.17) is 4.74 Å². The number of aliphatic hydroxyl groups excluding tert-OH is 1. The van der Waals surface area contributed by atoms with Crippen LogP contribution in [0.2, 0.25) is 0 Å². The van der Waals surface area contributed by atoms with E-state index < -0.39 is 6.23 Å². The summed E-state index contributed by atoms with van der Waals surface area (Å²) in [4.78, 5) is 14.2. The molecule has 2 heterocycles. The number of fused-ring (bicyclic) bond motifs is 1. The lowest BCUT2D eigenvalue weighted by atomic mass is 9.89. The number of aromatic amines is 1. The van der Waals surface area contributed by atoms with Crippen molar-refractivity contribution in [3.05, 3.63) is 63.3 Å². The molecule has 4 rings (SSSR count). The van der Waals surface area contributed by atoms with Gasteiger partial charge < -0.3 is 25.3 Å². The van der Waals surface area contributed by atoms with Crippen molar-refractivity contribution in [3.8, 4) is 5.75 Å². The number of aromatic nitrogens is 1. The zero-order chi connectivity index (χ0) is 23.0. The number of aromatic hydroxyl groups is 1. The Bertz CT molecular complexity index is 1060. The van der Waals surface area contributed by atoms with Gasteiger partial charge in [0.25, 0.3) is 0 Å². The van der Waals surface area contributed by atoms with Crippen molar-refractivity contribution >= 4 is 21.6 Å². The molecule has 0 amide bonds. The van der Waals surface area contributed by atoms with Crippen molar-refractivity contribution in [2.24, 2.45) is 5.92 Å². The van der Waals surface area contributed by atoms with Gasteiger partial charge in [0.05, 0.1) is 11.3 Å².